The fourth-order valence-corrected chi connectivity index (χ4v) is 5.03. The van der Waals surface area contributed by atoms with Crippen molar-refractivity contribution in [2.75, 3.05) is 0 Å². The highest BCUT2D eigenvalue weighted by Gasteiger charge is 2.52. The summed E-state index contributed by atoms with van der Waals surface area (Å²) in [6.07, 6.45) is 7.59. The van der Waals surface area contributed by atoms with E-state index < -0.39 is 0 Å². The van der Waals surface area contributed by atoms with E-state index in [0.29, 0.717) is 11.3 Å². The highest BCUT2D eigenvalue weighted by atomic mass is 16.3. The zero-order valence-electron chi connectivity index (χ0n) is 12.1. The summed E-state index contributed by atoms with van der Waals surface area (Å²) < 4.78 is 0. The molecule has 2 rings (SSSR count). The van der Waals surface area contributed by atoms with Gasteiger partial charge >= 0.3 is 0 Å². The zero-order valence-corrected chi connectivity index (χ0v) is 12.1. The zero-order chi connectivity index (χ0) is 12.6. The van der Waals surface area contributed by atoms with E-state index in [1.54, 1.807) is 0 Å². The minimum absolute atomic E-state index is 0.00926. The number of hydrogen-bond donors (Lipinski definition) is 1. The van der Waals surface area contributed by atoms with Crippen molar-refractivity contribution in [2.45, 2.75) is 72.3 Å². The normalized spacial score (nSPS) is 43.8. The van der Waals surface area contributed by atoms with Crippen molar-refractivity contribution in [3.8, 4) is 0 Å². The maximum Gasteiger partial charge on any atom is 0.0573 e. The summed E-state index contributed by atoms with van der Waals surface area (Å²) in [6.45, 7) is 9.58. The molecule has 0 unspecified atom stereocenters. The Morgan fingerprint density at radius 3 is 2.53 bits per heavy atom. The van der Waals surface area contributed by atoms with Crippen LogP contribution in [-0.2, 0) is 0 Å². The van der Waals surface area contributed by atoms with E-state index in [1.807, 2.05) is 0 Å². The summed E-state index contributed by atoms with van der Waals surface area (Å²) in [5, 5.41) is 10.2. The molecule has 0 aliphatic heterocycles. The minimum atomic E-state index is -0.00926. The van der Waals surface area contributed by atoms with Gasteiger partial charge in [0, 0.05) is 0 Å². The van der Waals surface area contributed by atoms with Crippen LogP contribution in [0.5, 0.6) is 0 Å². The Bertz CT molecular complexity index is 260. The largest absolute Gasteiger partial charge is 0.393 e. The van der Waals surface area contributed by atoms with Gasteiger partial charge in [-0.2, -0.15) is 0 Å². The van der Waals surface area contributed by atoms with Crippen LogP contribution >= 0.6 is 0 Å². The van der Waals surface area contributed by atoms with Crippen LogP contribution in [0.3, 0.4) is 0 Å². The van der Waals surface area contributed by atoms with Gasteiger partial charge in [-0.3, -0.25) is 0 Å². The molecule has 0 aromatic heterocycles. The molecule has 0 bridgehead atoms. The predicted octanol–water partition coefficient (Wildman–Crippen LogP) is 4.25. The summed E-state index contributed by atoms with van der Waals surface area (Å²) in [4.78, 5) is 0. The highest BCUT2D eigenvalue weighted by Crippen LogP contribution is 2.58. The Kier molecular flexibility index (Phi) is 3.87. The van der Waals surface area contributed by atoms with Crippen molar-refractivity contribution >= 4 is 0 Å². The van der Waals surface area contributed by atoms with Gasteiger partial charge in [0.2, 0.25) is 0 Å². The molecule has 2 aliphatic carbocycles. The molecule has 2 saturated carbocycles. The first-order chi connectivity index (χ1) is 7.95. The fourth-order valence-electron chi connectivity index (χ4n) is 5.03. The number of fused-ring (bicyclic) bond motifs is 1. The Morgan fingerprint density at radius 1 is 1.18 bits per heavy atom. The van der Waals surface area contributed by atoms with E-state index in [4.69, 9.17) is 0 Å². The molecular weight excluding hydrogens is 208 g/mol. The van der Waals surface area contributed by atoms with Crippen molar-refractivity contribution in [1.29, 1.82) is 0 Å². The van der Waals surface area contributed by atoms with E-state index in [1.165, 1.54) is 32.1 Å². The number of aliphatic hydroxyl groups is 1. The summed E-state index contributed by atoms with van der Waals surface area (Å²) in [6, 6.07) is 0. The predicted molar refractivity (Wildman–Crippen MR) is 72.8 cm³/mol. The summed E-state index contributed by atoms with van der Waals surface area (Å²) in [5.74, 6) is 3.08. The minimum Gasteiger partial charge on any atom is -0.393 e. The van der Waals surface area contributed by atoms with Crippen LogP contribution in [0, 0.1) is 29.1 Å². The van der Waals surface area contributed by atoms with Crippen LogP contribution in [-0.4, -0.2) is 11.2 Å². The lowest BCUT2D eigenvalue weighted by atomic mass is 9.61. The van der Waals surface area contributed by atoms with Crippen LogP contribution in [0.15, 0.2) is 0 Å². The molecule has 0 heterocycles. The molecule has 17 heavy (non-hydrogen) atoms. The van der Waals surface area contributed by atoms with Gasteiger partial charge in [0.15, 0.2) is 0 Å². The van der Waals surface area contributed by atoms with Gasteiger partial charge in [-0.05, 0) is 61.2 Å². The molecule has 0 aromatic carbocycles. The second-order valence-electron chi connectivity index (χ2n) is 7.36. The lowest BCUT2D eigenvalue weighted by Gasteiger charge is -2.45. The molecule has 5 atom stereocenters. The van der Waals surface area contributed by atoms with Gasteiger partial charge in [-0.15, -0.1) is 0 Å². The fraction of sp³-hybridized carbons (Fsp3) is 1.00. The average Bonchev–Trinajstić information content (AvgIpc) is 2.55. The summed E-state index contributed by atoms with van der Waals surface area (Å²) >= 11 is 0. The molecule has 1 heteroatoms. The maximum absolute atomic E-state index is 10.2. The van der Waals surface area contributed by atoms with Crippen LogP contribution in [0.4, 0.5) is 0 Å². The smallest absolute Gasteiger partial charge is 0.0573 e. The summed E-state index contributed by atoms with van der Waals surface area (Å²) in [7, 11) is 0. The van der Waals surface area contributed by atoms with Crippen molar-refractivity contribution in [3.63, 3.8) is 0 Å². The van der Waals surface area contributed by atoms with Gasteiger partial charge in [0.05, 0.1) is 6.10 Å². The first-order valence-electron chi connectivity index (χ1n) is 7.63. The molecule has 2 fully saturated rings. The number of aliphatic hydroxyl groups excluding tert-OH is 1. The van der Waals surface area contributed by atoms with Crippen molar-refractivity contribution in [1.82, 2.24) is 0 Å². The third-order valence-corrected chi connectivity index (χ3v) is 5.69. The lowest BCUT2D eigenvalue weighted by molar-refractivity contribution is -0.0285. The van der Waals surface area contributed by atoms with Crippen molar-refractivity contribution < 1.29 is 5.11 Å². The van der Waals surface area contributed by atoms with E-state index in [9.17, 15) is 5.11 Å². The molecule has 2 aliphatic rings. The van der Waals surface area contributed by atoms with Crippen LogP contribution in [0.2, 0.25) is 0 Å². The Morgan fingerprint density at radius 2 is 1.88 bits per heavy atom. The van der Waals surface area contributed by atoms with Crippen LogP contribution < -0.4 is 0 Å². The standard InChI is InChI=1S/C16H30O/c1-11(2)10-12(3)13-7-8-14-15(17)6-5-9-16(13,14)4/h11-15,17H,5-10H2,1-4H3/t12-,13-,14+,15+,16-/m1/s1. The molecule has 0 aromatic rings. The molecular formula is C16H30O. The van der Waals surface area contributed by atoms with Crippen LogP contribution in [0.1, 0.15) is 66.2 Å². The quantitative estimate of drug-likeness (QED) is 0.779. The van der Waals surface area contributed by atoms with Crippen LogP contribution in [0.25, 0.3) is 0 Å². The molecule has 1 nitrogen and oxygen atoms in total. The first kappa shape index (κ1) is 13.4. The monoisotopic (exact) mass is 238 g/mol. The van der Waals surface area contributed by atoms with Crippen molar-refractivity contribution in [2.24, 2.45) is 29.1 Å². The third-order valence-electron chi connectivity index (χ3n) is 5.69. The van der Waals surface area contributed by atoms with Gasteiger partial charge in [0.25, 0.3) is 0 Å². The average molecular weight is 238 g/mol. The van der Waals surface area contributed by atoms with E-state index in [2.05, 4.69) is 27.7 Å². The molecule has 1 N–H and O–H groups in total. The lowest BCUT2D eigenvalue weighted by Crippen LogP contribution is -2.41. The topological polar surface area (TPSA) is 20.2 Å². The maximum atomic E-state index is 10.2. The number of hydrogen-bond acceptors (Lipinski definition) is 1. The highest BCUT2D eigenvalue weighted by molar-refractivity contribution is 5.01. The van der Waals surface area contributed by atoms with E-state index in [-0.39, 0.29) is 6.10 Å². The Labute approximate surface area is 107 Å². The first-order valence-corrected chi connectivity index (χ1v) is 7.63. The van der Waals surface area contributed by atoms with Gasteiger partial charge in [0.1, 0.15) is 0 Å². The van der Waals surface area contributed by atoms with Gasteiger partial charge in [-0.1, -0.05) is 34.1 Å². The molecule has 0 spiro atoms. The van der Waals surface area contributed by atoms with Gasteiger partial charge < -0.3 is 5.11 Å². The Balaban J connectivity index is 2.09. The molecule has 0 radical (unpaired) electrons. The second kappa shape index (κ2) is 4.91. The Hall–Kier alpha value is -0.0400. The van der Waals surface area contributed by atoms with E-state index >= 15 is 0 Å². The third kappa shape index (κ3) is 2.41. The van der Waals surface area contributed by atoms with Crippen molar-refractivity contribution in [3.05, 3.63) is 0 Å². The summed E-state index contributed by atoms with van der Waals surface area (Å²) in [5.41, 5.74) is 0.436. The second-order valence-corrected chi connectivity index (χ2v) is 7.36. The molecule has 0 saturated heterocycles. The SMILES string of the molecule is CC(C)C[C@@H](C)[C@H]1CC[C@H]2[C@@H](O)CCC[C@]12C. The molecule has 100 valence electrons. The van der Waals surface area contributed by atoms with E-state index in [0.717, 1.165) is 24.2 Å². The number of rotatable bonds is 3. The molecule has 0 amide bonds. The van der Waals surface area contributed by atoms with Gasteiger partial charge in [-0.25, -0.2) is 0 Å².